The van der Waals surface area contributed by atoms with E-state index in [1.54, 1.807) is 34.9 Å². The van der Waals surface area contributed by atoms with E-state index in [-0.39, 0.29) is 10.4 Å². The third-order valence-corrected chi connectivity index (χ3v) is 3.82. The van der Waals surface area contributed by atoms with E-state index in [0.29, 0.717) is 28.0 Å². The van der Waals surface area contributed by atoms with Crippen LogP contribution in [0.1, 0.15) is 23.1 Å². The van der Waals surface area contributed by atoms with E-state index in [1.807, 2.05) is 25.1 Å². The number of alkyl halides is 1. The first kappa shape index (κ1) is 14.5. The van der Waals surface area contributed by atoms with Crippen molar-refractivity contribution in [2.75, 3.05) is 0 Å². The van der Waals surface area contributed by atoms with Crippen LogP contribution in [0.5, 0.6) is 0 Å². The lowest BCUT2D eigenvalue weighted by atomic mass is 10.2. The van der Waals surface area contributed by atoms with Gasteiger partial charge in [0.05, 0.1) is 33.1 Å². The number of nitrogens with zero attached hydrogens (tertiary/aromatic N) is 3. The van der Waals surface area contributed by atoms with Gasteiger partial charge in [0.15, 0.2) is 0 Å². The zero-order valence-electron chi connectivity index (χ0n) is 11.8. The summed E-state index contributed by atoms with van der Waals surface area (Å²) >= 11 is 3.50. The van der Waals surface area contributed by atoms with E-state index in [4.69, 9.17) is 5.26 Å². The van der Waals surface area contributed by atoms with E-state index in [9.17, 15) is 4.79 Å². The third kappa shape index (κ3) is 2.42. The van der Waals surface area contributed by atoms with Crippen molar-refractivity contribution in [3.63, 3.8) is 0 Å². The Balaban J connectivity index is 2.35. The van der Waals surface area contributed by atoms with Crippen LogP contribution in [-0.4, -0.2) is 9.55 Å². The first-order valence-electron chi connectivity index (χ1n) is 6.78. The molecule has 0 N–H and O–H groups in total. The third-order valence-electron chi connectivity index (χ3n) is 3.41. The van der Waals surface area contributed by atoms with Crippen LogP contribution in [0.4, 0.5) is 0 Å². The standard InChI is InChI=1S/C17H12BrN3O/c1-11(18)16-20-15-5-3-2-4-14(15)17(22)21(16)13-8-6-12(10-19)7-9-13/h2-9,11H,1H3/t11-/m1/s1. The van der Waals surface area contributed by atoms with E-state index in [2.05, 4.69) is 27.0 Å². The van der Waals surface area contributed by atoms with Crippen molar-refractivity contribution >= 4 is 26.8 Å². The van der Waals surface area contributed by atoms with Crippen LogP contribution in [0.15, 0.2) is 53.3 Å². The summed E-state index contributed by atoms with van der Waals surface area (Å²) in [4.78, 5) is 17.4. The van der Waals surface area contributed by atoms with Crippen molar-refractivity contribution < 1.29 is 0 Å². The van der Waals surface area contributed by atoms with E-state index >= 15 is 0 Å². The fraction of sp³-hybridized carbons (Fsp3) is 0.118. The normalized spacial score (nSPS) is 12.0. The molecule has 3 aromatic rings. The highest BCUT2D eigenvalue weighted by Crippen LogP contribution is 2.23. The molecule has 1 aromatic heterocycles. The molecule has 0 unspecified atom stereocenters. The number of benzene rings is 2. The molecule has 0 bridgehead atoms. The first-order valence-corrected chi connectivity index (χ1v) is 7.69. The molecule has 1 atom stereocenters. The van der Waals surface area contributed by atoms with Crippen LogP contribution >= 0.6 is 15.9 Å². The van der Waals surface area contributed by atoms with Gasteiger partial charge in [-0.1, -0.05) is 28.1 Å². The number of fused-ring (bicyclic) bond motifs is 1. The Hall–Kier alpha value is -2.45. The van der Waals surface area contributed by atoms with Gasteiger partial charge in [-0.15, -0.1) is 0 Å². The van der Waals surface area contributed by atoms with Crippen LogP contribution in [-0.2, 0) is 0 Å². The van der Waals surface area contributed by atoms with Crippen molar-refractivity contribution in [3.05, 3.63) is 70.3 Å². The van der Waals surface area contributed by atoms with Gasteiger partial charge >= 0.3 is 0 Å². The molecule has 108 valence electrons. The maximum absolute atomic E-state index is 12.8. The molecule has 0 aliphatic heterocycles. The van der Waals surface area contributed by atoms with Crippen LogP contribution in [0.3, 0.4) is 0 Å². The molecule has 0 spiro atoms. The molecule has 0 amide bonds. The lowest BCUT2D eigenvalue weighted by Crippen LogP contribution is -2.24. The van der Waals surface area contributed by atoms with E-state index in [0.717, 1.165) is 0 Å². The van der Waals surface area contributed by atoms with Gasteiger partial charge in [0.25, 0.3) is 5.56 Å². The average molecular weight is 354 g/mol. The fourth-order valence-electron chi connectivity index (χ4n) is 2.35. The van der Waals surface area contributed by atoms with Crippen LogP contribution in [0.25, 0.3) is 16.6 Å². The highest BCUT2D eigenvalue weighted by molar-refractivity contribution is 9.09. The highest BCUT2D eigenvalue weighted by atomic mass is 79.9. The Morgan fingerprint density at radius 2 is 1.86 bits per heavy atom. The Labute approximate surface area is 135 Å². The number of halogens is 1. The summed E-state index contributed by atoms with van der Waals surface area (Å²) in [7, 11) is 0. The molecular weight excluding hydrogens is 342 g/mol. The largest absolute Gasteiger partial charge is 0.268 e. The summed E-state index contributed by atoms with van der Waals surface area (Å²) < 4.78 is 1.59. The van der Waals surface area contributed by atoms with Gasteiger partial charge in [-0.2, -0.15) is 5.26 Å². The van der Waals surface area contributed by atoms with Crippen LogP contribution in [0.2, 0.25) is 0 Å². The highest BCUT2D eigenvalue weighted by Gasteiger charge is 2.15. The Morgan fingerprint density at radius 3 is 2.50 bits per heavy atom. The van der Waals surface area contributed by atoms with E-state index in [1.165, 1.54) is 0 Å². The zero-order chi connectivity index (χ0) is 15.7. The SMILES string of the molecule is C[C@@H](Br)c1nc2ccccc2c(=O)n1-c1ccc(C#N)cc1. The summed E-state index contributed by atoms with van der Waals surface area (Å²) in [6.45, 7) is 1.93. The lowest BCUT2D eigenvalue weighted by Gasteiger charge is -2.15. The number of nitriles is 1. The van der Waals surface area contributed by atoms with Gasteiger partial charge < -0.3 is 0 Å². The topological polar surface area (TPSA) is 58.7 Å². The quantitative estimate of drug-likeness (QED) is 0.659. The van der Waals surface area contributed by atoms with Crippen molar-refractivity contribution in [3.8, 4) is 11.8 Å². The van der Waals surface area contributed by atoms with Gasteiger partial charge in [0.1, 0.15) is 5.82 Å². The molecule has 5 heteroatoms. The van der Waals surface area contributed by atoms with Gasteiger partial charge in [0.2, 0.25) is 0 Å². The molecule has 3 rings (SSSR count). The van der Waals surface area contributed by atoms with Crippen molar-refractivity contribution in [1.82, 2.24) is 9.55 Å². The van der Waals surface area contributed by atoms with Crippen molar-refractivity contribution in [1.29, 1.82) is 5.26 Å². The maximum Gasteiger partial charge on any atom is 0.265 e. The van der Waals surface area contributed by atoms with Crippen molar-refractivity contribution in [2.24, 2.45) is 0 Å². The molecule has 0 saturated heterocycles. The monoisotopic (exact) mass is 353 g/mol. The minimum Gasteiger partial charge on any atom is -0.268 e. The summed E-state index contributed by atoms with van der Waals surface area (Å²) in [5, 5.41) is 9.47. The Morgan fingerprint density at radius 1 is 1.18 bits per heavy atom. The minimum atomic E-state index is -0.114. The molecule has 4 nitrogen and oxygen atoms in total. The minimum absolute atomic E-state index is 0.0829. The van der Waals surface area contributed by atoms with Gasteiger partial charge in [-0.05, 0) is 43.3 Å². The summed E-state index contributed by atoms with van der Waals surface area (Å²) in [6, 6.07) is 16.3. The number of para-hydroxylation sites is 1. The van der Waals surface area contributed by atoms with Crippen LogP contribution < -0.4 is 5.56 Å². The second kappa shape index (κ2) is 5.74. The molecule has 0 radical (unpaired) electrons. The maximum atomic E-state index is 12.8. The van der Waals surface area contributed by atoms with Crippen LogP contribution in [0, 0.1) is 11.3 Å². The van der Waals surface area contributed by atoms with Gasteiger partial charge in [-0.3, -0.25) is 9.36 Å². The Kier molecular flexibility index (Phi) is 3.78. The van der Waals surface area contributed by atoms with E-state index < -0.39 is 0 Å². The van der Waals surface area contributed by atoms with Gasteiger partial charge in [0, 0.05) is 0 Å². The Bertz CT molecular complexity index is 937. The number of rotatable bonds is 2. The molecule has 1 heterocycles. The predicted molar refractivity (Wildman–Crippen MR) is 89.4 cm³/mol. The molecule has 0 aliphatic carbocycles. The number of aromatic nitrogens is 2. The fourth-order valence-corrected chi connectivity index (χ4v) is 2.66. The lowest BCUT2D eigenvalue weighted by molar-refractivity contribution is 0.828. The number of hydrogen-bond acceptors (Lipinski definition) is 3. The van der Waals surface area contributed by atoms with Crippen molar-refractivity contribution in [2.45, 2.75) is 11.8 Å². The van der Waals surface area contributed by atoms with Gasteiger partial charge in [-0.25, -0.2) is 4.98 Å². The molecule has 0 aliphatic rings. The first-order chi connectivity index (χ1) is 10.6. The second-order valence-corrected chi connectivity index (χ2v) is 6.28. The molecule has 2 aromatic carbocycles. The molecule has 0 saturated carbocycles. The summed E-state index contributed by atoms with van der Waals surface area (Å²) in [6.07, 6.45) is 0. The number of hydrogen-bond donors (Lipinski definition) is 0. The summed E-state index contributed by atoms with van der Waals surface area (Å²) in [5.74, 6) is 0.633. The summed E-state index contributed by atoms with van der Waals surface area (Å²) in [5.41, 5.74) is 1.82. The second-order valence-electron chi connectivity index (χ2n) is 4.90. The molecule has 0 fully saturated rings. The molecule has 22 heavy (non-hydrogen) atoms. The predicted octanol–water partition coefficient (Wildman–Crippen LogP) is 3.71. The smallest absolute Gasteiger partial charge is 0.265 e. The average Bonchev–Trinajstić information content (AvgIpc) is 2.55. The zero-order valence-corrected chi connectivity index (χ0v) is 13.4. The molecular formula is C17H12BrN3O.